The van der Waals surface area contributed by atoms with E-state index in [0.29, 0.717) is 6.61 Å². The van der Waals surface area contributed by atoms with Crippen LogP contribution in [0.4, 0.5) is 0 Å². The molecule has 0 fully saturated rings. The number of rotatable bonds is 6. The Balaban J connectivity index is -0.000000193. The fourth-order valence-electron chi connectivity index (χ4n) is 0.824. The first kappa shape index (κ1) is 22.2. The molecule has 0 saturated heterocycles. The summed E-state index contributed by atoms with van der Waals surface area (Å²) in [5.74, 6) is -0.338. The summed E-state index contributed by atoms with van der Waals surface area (Å²) in [6.45, 7) is 6.46. The summed E-state index contributed by atoms with van der Waals surface area (Å²) < 4.78 is 4.48. The van der Waals surface area contributed by atoms with Gasteiger partial charge < -0.3 is 9.84 Å². The first-order chi connectivity index (χ1) is 8.14. The third-order valence-electron chi connectivity index (χ3n) is 1.58. The molecule has 0 aliphatic heterocycles. The van der Waals surface area contributed by atoms with E-state index in [2.05, 4.69) is 18.6 Å². The maximum absolute atomic E-state index is 10.3. The number of esters is 1. The Morgan fingerprint density at radius 3 is 1.76 bits per heavy atom. The molecule has 0 spiro atoms. The fourth-order valence-corrected chi connectivity index (χ4v) is 0.824. The van der Waals surface area contributed by atoms with Gasteiger partial charge in [-0.3, -0.25) is 4.79 Å². The Hall–Kier alpha value is 0.01000. The van der Waals surface area contributed by atoms with E-state index in [-0.39, 0.29) is 24.3 Å². The van der Waals surface area contributed by atoms with Gasteiger partial charge in [-0.25, -0.2) is 0 Å². The van der Waals surface area contributed by atoms with E-state index in [0.717, 1.165) is 0 Å². The molecule has 17 heavy (non-hydrogen) atoms. The van der Waals surface area contributed by atoms with Gasteiger partial charge in [0.25, 0.3) is 0 Å². The molecule has 106 valence electrons. The van der Waals surface area contributed by atoms with Crippen LogP contribution in [0.3, 0.4) is 0 Å². The largest absolute Gasteiger partial charge is 0.466 e. The van der Waals surface area contributed by atoms with E-state index in [1.807, 2.05) is 0 Å². The van der Waals surface area contributed by atoms with Crippen LogP contribution in [0.2, 0.25) is 0 Å². The van der Waals surface area contributed by atoms with Gasteiger partial charge in [-0.05, 0) is 6.92 Å². The average Bonchev–Trinajstić information content (AvgIpc) is 2.29. The number of hydrogen-bond donors (Lipinski definition) is 1. The molecule has 0 aromatic carbocycles. The minimum atomic E-state index is -0.338. The second kappa shape index (κ2) is 25.0. The van der Waals surface area contributed by atoms with Crippen LogP contribution in [0.15, 0.2) is 0 Å². The molecule has 0 rings (SSSR count). The van der Waals surface area contributed by atoms with E-state index < -0.39 is 0 Å². The normalized spacial score (nSPS) is 8.35. The molecule has 5 heteroatoms. The van der Waals surface area contributed by atoms with Crippen molar-refractivity contribution < 1.29 is 14.6 Å². The Bertz CT molecular complexity index is 121. The topological polar surface area (TPSA) is 46.5 Å². The summed E-state index contributed by atoms with van der Waals surface area (Å²) in [7, 11) is 0. The van der Waals surface area contributed by atoms with E-state index in [4.69, 9.17) is 28.3 Å². The van der Waals surface area contributed by atoms with Gasteiger partial charge in [-0.15, -0.1) is 23.2 Å². The van der Waals surface area contributed by atoms with Gasteiger partial charge in [0.2, 0.25) is 0 Å². The predicted molar refractivity (Wildman–Crippen MR) is 74.7 cm³/mol. The van der Waals surface area contributed by atoms with Gasteiger partial charge in [0.05, 0.1) is 25.0 Å². The van der Waals surface area contributed by atoms with E-state index in [1.54, 1.807) is 6.92 Å². The summed E-state index contributed by atoms with van der Waals surface area (Å²) >= 11 is 9.53. The van der Waals surface area contributed by atoms with E-state index >= 15 is 0 Å². The molecular formula is C12H26Cl2O3. The number of aliphatic hydroxyl groups is 1. The summed E-state index contributed by atoms with van der Waals surface area (Å²) in [6, 6.07) is 0. The average molecular weight is 289 g/mol. The highest BCUT2D eigenvalue weighted by molar-refractivity contribution is 6.40. The van der Waals surface area contributed by atoms with Gasteiger partial charge in [0.15, 0.2) is 0 Å². The molecule has 1 N–H and O–H groups in total. The zero-order chi connectivity index (χ0) is 13.9. The van der Waals surface area contributed by atoms with Crippen LogP contribution < -0.4 is 0 Å². The number of alkyl halides is 2. The maximum Gasteiger partial charge on any atom is 0.308 e. The summed E-state index contributed by atoms with van der Waals surface area (Å²) in [6.07, 6.45) is 5.64. The van der Waals surface area contributed by atoms with Crippen molar-refractivity contribution >= 4 is 29.2 Å². The summed E-state index contributed by atoms with van der Waals surface area (Å²) in [4.78, 5) is 10.3. The Kier molecular flexibility index (Phi) is 32.7. The number of unbranched alkanes of at least 4 members (excludes halogenated alkanes) is 3. The quantitative estimate of drug-likeness (QED) is 0.457. The highest BCUT2D eigenvalue weighted by atomic mass is 35.5. The van der Waals surface area contributed by atoms with Crippen molar-refractivity contribution in [1.82, 2.24) is 0 Å². The van der Waals surface area contributed by atoms with Crippen LogP contribution in [0.1, 0.15) is 52.9 Å². The van der Waals surface area contributed by atoms with E-state index in [9.17, 15) is 4.79 Å². The molecule has 3 nitrogen and oxygen atoms in total. The fraction of sp³-hybridized carbons (Fsp3) is 0.917. The molecule has 0 saturated carbocycles. The highest BCUT2D eigenvalue weighted by Gasteiger charge is 1.96. The zero-order valence-electron chi connectivity index (χ0n) is 11.2. The van der Waals surface area contributed by atoms with Crippen LogP contribution in [-0.4, -0.2) is 29.6 Å². The Morgan fingerprint density at radius 1 is 1.12 bits per heavy atom. The predicted octanol–water partition coefficient (Wildman–Crippen LogP) is 3.94. The van der Waals surface area contributed by atoms with Gasteiger partial charge in [0, 0.05) is 0 Å². The first-order valence-corrected chi connectivity index (χ1v) is 7.09. The lowest BCUT2D eigenvalue weighted by Crippen LogP contribution is -2.05. The molecule has 0 unspecified atom stereocenters. The summed E-state index contributed by atoms with van der Waals surface area (Å²) in [5, 5.41) is 8.36. The number of carbonyl (C=O) groups excluding carboxylic acids is 1. The zero-order valence-corrected chi connectivity index (χ0v) is 12.7. The molecular weight excluding hydrogens is 263 g/mol. The molecule has 0 aliphatic carbocycles. The minimum Gasteiger partial charge on any atom is -0.466 e. The lowest BCUT2D eigenvalue weighted by molar-refractivity contribution is -0.143. The monoisotopic (exact) mass is 288 g/mol. The van der Waals surface area contributed by atoms with Gasteiger partial charge >= 0.3 is 5.97 Å². The lowest BCUT2D eigenvalue weighted by atomic mass is 10.2. The van der Waals surface area contributed by atoms with Gasteiger partial charge in [-0.2, -0.15) is 0 Å². The van der Waals surface area contributed by atoms with Crippen LogP contribution in [0, 0.1) is 0 Å². The maximum atomic E-state index is 10.3. The highest BCUT2D eigenvalue weighted by Crippen LogP contribution is 1.95. The molecule has 0 amide bonds. The van der Waals surface area contributed by atoms with Crippen molar-refractivity contribution in [3.63, 3.8) is 0 Å². The second-order valence-corrected chi connectivity index (χ2v) is 3.89. The van der Waals surface area contributed by atoms with Gasteiger partial charge in [-0.1, -0.05) is 39.5 Å². The van der Waals surface area contributed by atoms with Gasteiger partial charge in [0.1, 0.15) is 0 Å². The molecule has 0 radical (unpaired) electrons. The summed E-state index contributed by atoms with van der Waals surface area (Å²) in [5.41, 5.74) is 0. The number of halogens is 2. The molecule has 0 aromatic rings. The van der Waals surface area contributed by atoms with E-state index in [1.165, 1.54) is 25.7 Å². The smallest absolute Gasteiger partial charge is 0.308 e. The van der Waals surface area contributed by atoms with Crippen molar-refractivity contribution in [1.29, 1.82) is 0 Å². The van der Waals surface area contributed by atoms with Crippen LogP contribution in [0.5, 0.6) is 0 Å². The molecule has 0 bridgehead atoms. The van der Waals surface area contributed by atoms with Crippen molar-refractivity contribution in [2.45, 2.75) is 52.9 Å². The molecule has 0 heterocycles. The minimum absolute atomic E-state index is 0.105. The lowest BCUT2D eigenvalue weighted by Gasteiger charge is -1.96. The third kappa shape index (κ3) is 38.7. The van der Waals surface area contributed by atoms with Crippen LogP contribution in [-0.2, 0) is 9.53 Å². The molecule has 0 aromatic heterocycles. The van der Waals surface area contributed by atoms with Crippen LogP contribution >= 0.6 is 23.2 Å². The number of carbonyl (C=O) groups is 1. The van der Waals surface area contributed by atoms with Crippen molar-refractivity contribution in [2.24, 2.45) is 0 Å². The Labute approximate surface area is 115 Å². The SMILES string of the molecule is CCCCCC.CCOC(=O)CCO.ClCCl. The Morgan fingerprint density at radius 2 is 1.53 bits per heavy atom. The number of ether oxygens (including phenoxy) is 1. The third-order valence-corrected chi connectivity index (χ3v) is 1.58. The first-order valence-electron chi connectivity index (χ1n) is 6.02. The van der Waals surface area contributed by atoms with Crippen molar-refractivity contribution in [3.8, 4) is 0 Å². The number of hydrogen-bond acceptors (Lipinski definition) is 3. The number of aliphatic hydroxyl groups excluding tert-OH is 1. The second-order valence-electron chi connectivity index (χ2n) is 3.09. The molecule has 0 aliphatic rings. The van der Waals surface area contributed by atoms with Crippen LogP contribution in [0.25, 0.3) is 0 Å². The molecule has 0 atom stereocenters. The standard InChI is InChI=1S/C6H14.C5H10O3.CH2Cl2/c1-3-5-6-4-2;1-2-8-5(7)3-4-6;2-1-3/h3-6H2,1-2H3;6H,2-4H2,1H3;1H2. The van der Waals surface area contributed by atoms with Crippen molar-refractivity contribution in [2.75, 3.05) is 18.6 Å². The van der Waals surface area contributed by atoms with Crippen molar-refractivity contribution in [3.05, 3.63) is 0 Å².